The second-order valence-corrected chi connectivity index (χ2v) is 9.41. The number of fused-ring (bicyclic) bond motifs is 1. The zero-order chi connectivity index (χ0) is 25.7. The van der Waals surface area contributed by atoms with Crippen molar-refractivity contribution in [3.05, 3.63) is 63.7 Å². The van der Waals surface area contributed by atoms with E-state index in [1.165, 1.54) is 25.0 Å². The van der Waals surface area contributed by atoms with Gasteiger partial charge in [-0.1, -0.05) is 41.3 Å². The maximum Gasteiger partial charge on any atom is 0.348 e. The van der Waals surface area contributed by atoms with Crippen LogP contribution >= 0.6 is 11.6 Å². The van der Waals surface area contributed by atoms with Crippen LogP contribution < -0.4 is 10.8 Å². The molecule has 2 aromatic carbocycles. The first kappa shape index (κ1) is 25.0. The minimum atomic E-state index is -3.74. The van der Waals surface area contributed by atoms with E-state index in [9.17, 15) is 28.0 Å². The van der Waals surface area contributed by atoms with E-state index in [4.69, 9.17) is 11.6 Å². The van der Waals surface area contributed by atoms with Crippen molar-refractivity contribution in [2.24, 2.45) is 0 Å². The van der Waals surface area contributed by atoms with E-state index in [1.54, 1.807) is 27.8 Å². The Morgan fingerprint density at radius 1 is 1.20 bits per heavy atom. The van der Waals surface area contributed by atoms with E-state index in [-0.39, 0.29) is 36.2 Å². The Hall–Kier alpha value is -3.14. The lowest BCUT2D eigenvalue weighted by molar-refractivity contribution is -0.154. The fourth-order valence-corrected chi connectivity index (χ4v) is 4.91. The van der Waals surface area contributed by atoms with Crippen molar-refractivity contribution in [3.63, 3.8) is 0 Å². The van der Waals surface area contributed by atoms with Crippen LogP contribution in [0.1, 0.15) is 45.8 Å². The lowest BCUT2D eigenvalue weighted by Gasteiger charge is -2.33. The van der Waals surface area contributed by atoms with Crippen LogP contribution in [0.25, 0.3) is 0 Å². The largest absolute Gasteiger partial charge is 0.384 e. The second kappa shape index (κ2) is 9.15. The normalized spacial score (nSPS) is 20.0. The summed E-state index contributed by atoms with van der Waals surface area (Å²) in [6, 6.07) is 7.45. The molecule has 2 aliphatic heterocycles. The number of piperidine rings is 1. The molecule has 7 nitrogen and oxygen atoms in total. The number of alkyl halides is 2. The predicted octanol–water partition coefficient (Wildman–Crippen LogP) is -0.840. The number of nitrogens with zero attached hydrogens (tertiary/aromatic N) is 2. The average molecular weight is 497 g/mol. The fourth-order valence-electron chi connectivity index (χ4n) is 4.79. The van der Waals surface area contributed by atoms with E-state index in [0.29, 0.717) is 22.2 Å². The third-order valence-electron chi connectivity index (χ3n) is 6.53. The number of amides is 4. The summed E-state index contributed by atoms with van der Waals surface area (Å²) in [6.45, 7) is -0.102. The van der Waals surface area contributed by atoms with Crippen molar-refractivity contribution in [2.45, 2.75) is 37.3 Å². The molecule has 178 valence electrons. The summed E-state index contributed by atoms with van der Waals surface area (Å²) < 4.78 is 29.6. The number of carbonyl (C=O) groups excluding carboxylic acids is 4. The minimum Gasteiger partial charge on any atom is -0.384 e. The third kappa shape index (κ3) is 4.47. The van der Waals surface area contributed by atoms with E-state index >= 15 is 0 Å². The SMILES string of the molecule is Bc1cc(CN(B)C(=O)C(F)(F)c2ccc(Cl)cc2)cc2c1C(=O)N(C1CCC(=O)NC1=O)C2B. The summed E-state index contributed by atoms with van der Waals surface area (Å²) in [4.78, 5) is 52.1. The predicted molar refractivity (Wildman–Crippen MR) is 133 cm³/mol. The van der Waals surface area contributed by atoms with Crippen molar-refractivity contribution in [1.82, 2.24) is 15.0 Å². The van der Waals surface area contributed by atoms with Crippen molar-refractivity contribution < 1.29 is 28.0 Å². The molecule has 1 N–H and O–H groups in total. The van der Waals surface area contributed by atoms with Gasteiger partial charge in [0.25, 0.3) is 11.8 Å². The maximum absolute atomic E-state index is 14.8. The van der Waals surface area contributed by atoms with Crippen molar-refractivity contribution in [3.8, 4) is 0 Å². The molecular weight excluding hydrogens is 476 g/mol. The number of benzene rings is 2. The molecule has 4 rings (SSSR count). The van der Waals surface area contributed by atoms with Gasteiger partial charge in [-0.2, -0.15) is 8.78 Å². The van der Waals surface area contributed by atoms with Gasteiger partial charge < -0.3 is 9.71 Å². The lowest BCUT2D eigenvalue weighted by atomic mass is 9.81. The summed E-state index contributed by atoms with van der Waals surface area (Å²) >= 11 is 5.76. The molecular formula is C22H21B3ClF2N3O4. The van der Waals surface area contributed by atoms with Gasteiger partial charge in [-0.25, -0.2) is 0 Å². The van der Waals surface area contributed by atoms with Gasteiger partial charge in [0, 0.05) is 35.1 Å². The Bertz CT molecular complexity index is 1250. The Morgan fingerprint density at radius 2 is 1.86 bits per heavy atom. The molecule has 0 spiro atoms. The summed E-state index contributed by atoms with van der Waals surface area (Å²) in [7, 11) is 4.80. The smallest absolute Gasteiger partial charge is 0.348 e. The standard InChI is InChI=1S/C22H21B3ClF2N3O4/c23-14-8-10(9-30(25)21(35)22(27,28)11-1-3-12(26)4-2-11)7-13-17(14)20(34)31(18(13)24)15-5-6-16(32)29-19(15)33/h1-4,7-8,15,18H,5-6,9,23-25H2,(H,29,32,33). The molecule has 2 atom stereocenters. The lowest BCUT2D eigenvalue weighted by Crippen LogP contribution is -2.53. The van der Waals surface area contributed by atoms with E-state index < -0.39 is 35.3 Å². The van der Waals surface area contributed by atoms with Crippen LogP contribution in [0.15, 0.2) is 36.4 Å². The van der Waals surface area contributed by atoms with Gasteiger partial charge in [0.05, 0.1) is 0 Å². The molecule has 1 saturated heterocycles. The number of hydrogen-bond donors (Lipinski definition) is 1. The number of rotatable bonds is 5. The summed E-state index contributed by atoms with van der Waals surface area (Å²) in [5, 5.41) is 2.56. The molecule has 0 radical (unpaired) electrons. The van der Waals surface area contributed by atoms with E-state index in [1.807, 2.05) is 0 Å². The molecule has 2 aliphatic rings. The van der Waals surface area contributed by atoms with Crippen molar-refractivity contribution in [1.29, 1.82) is 0 Å². The Labute approximate surface area is 208 Å². The van der Waals surface area contributed by atoms with Crippen LogP contribution in [0.5, 0.6) is 0 Å². The number of nitrogens with one attached hydrogen (secondary N) is 1. The topological polar surface area (TPSA) is 86.8 Å². The van der Waals surface area contributed by atoms with Crippen LogP contribution in [0, 0.1) is 0 Å². The minimum absolute atomic E-state index is 0.102. The molecule has 35 heavy (non-hydrogen) atoms. The number of imide groups is 1. The molecule has 0 bridgehead atoms. The first-order chi connectivity index (χ1) is 16.4. The highest BCUT2D eigenvalue weighted by Crippen LogP contribution is 2.35. The molecule has 0 aliphatic carbocycles. The van der Waals surface area contributed by atoms with Crippen LogP contribution in [0.4, 0.5) is 8.78 Å². The molecule has 0 saturated carbocycles. The highest BCUT2D eigenvalue weighted by Gasteiger charge is 2.44. The monoisotopic (exact) mass is 497 g/mol. The highest BCUT2D eigenvalue weighted by molar-refractivity contribution is 6.38. The van der Waals surface area contributed by atoms with Gasteiger partial charge in [-0.15, -0.1) is 0 Å². The molecule has 2 aromatic rings. The Kier molecular flexibility index (Phi) is 6.53. The van der Waals surface area contributed by atoms with Crippen LogP contribution in [-0.2, 0) is 26.9 Å². The van der Waals surface area contributed by atoms with E-state index in [0.717, 1.165) is 16.9 Å². The van der Waals surface area contributed by atoms with Gasteiger partial charge in [0.1, 0.15) is 21.7 Å². The van der Waals surface area contributed by atoms with Crippen LogP contribution in [-0.4, -0.2) is 63.1 Å². The quantitative estimate of drug-likeness (QED) is 0.432. The van der Waals surface area contributed by atoms with Gasteiger partial charge in [-0.05, 0) is 29.7 Å². The number of halogens is 3. The zero-order valence-electron chi connectivity index (χ0n) is 19.4. The highest BCUT2D eigenvalue weighted by atomic mass is 35.5. The third-order valence-corrected chi connectivity index (χ3v) is 6.78. The number of hydrogen-bond acceptors (Lipinski definition) is 4. The van der Waals surface area contributed by atoms with Crippen LogP contribution in [0.2, 0.25) is 5.02 Å². The summed E-state index contributed by atoms with van der Waals surface area (Å²) in [6.07, 6.45) is 0.375. The fraction of sp³-hybridized carbons (Fsp3) is 0.273. The first-order valence-corrected chi connectivity index (χ1v) is 11.5. The van der Waals surface area contributed by atoms with Gasteiger partial charge in [-0.3, -0.25) is 24.5 Å². The van der Waals surface area contributed by atoms with Gasteiger partial charge in [0.2, 0.25) is 19.8 Å². The zero-order valence-corrected chi connectivity index (χ0v) is 20.2. The van der Waals surface area contributed by atoms with Crippen LogP contribution in [0.3, 0.4) is 0 Å². The Morgan fingerprint density at radius 3 is 2.49 bits per heavy atom. The van der Waals surface area contributed by atoms with Crippen molar-refractivity contribution in [2.75, 3.05) is 0 Å². The molecule has 2 unspecified atom stereocenters. The molecule has 13 heteroatoms. The van der Waals surface area contributed by atoms with Gasteiger partial charge in [0.15, 0.2) is 0 Å². The molecule has 4 amide bonds. The molecule has 1 fully saturated rings. The maximum atomic E-state index is 14.8. The number of carbonyl (C=O) groups is 4. The van der Waals surface area contributed by atoms with E-state index in [2.05, 4.69) is 5.32 Å². The van der Waals surface area contributed by atoms with Gasteiger partial charge >= 0.3 is 5.92 Å². The molecule has 0 aromatic heterocycles. The first-order valence-electron chi connectivity index (χ1n) is 11.1. The Balaban J connectivity index is 1.56. The van der Waals surface area contributed by atoms with Crippen molar-refractivity contribution >= 4 is 64.4 Å². The average Bonchev–Trinajstić information content (AvgIpc) is 3.04. The molecule has 2 heterocycles. The summed E-state index contributed by atoms with van der Waals surface area (Å²) in [5.74, 6) is -6.77. The second-order valence-electron chi connectivity index (χ2n) is 8.97. The summed E-state index contributed by atoms with van der Waals surface area (Å²) in [5.41, 5.74) is 1.85.